The van der Waals surface area contributed by atoms with Crippen LogP contribution in [0.3, 0.4) is 0 Å². The first-order chi connectivity index (χ1) is 8.08. The predicted octanol–water partition coefficient (Wildman–Crippen LogP) is 1.39. The highest BCUT2D eigenvalue weighted by Gasteiger charge is 2.16. The number of nitrogens with one attached hydrogen (secondary N) is 3. The third-order valence-electron chi connectivity index (χ3n) is 3.01. The number of aromatic nitrogens is 2. The number of amides is 1. The molecular formula is C12H18N4O. The molecule has 17 heavy (non-hydrogen) atoms. The van der Waals surface area contributed by atoms with Gasteiger partial charge in [0.25, 0.3) is 5.91 Å². The number of rotatable bonds is 3. The van der Waals surface area contributed by atoms with E-state index in [-0.39, 0.29) is 5.91 Å². The summed E-state index contributed by atoms with van der Waals surface area (Å²) in [7, 11) is 0. The molecule has 2 heterocycles. The Labute approximate surface area is 101 Å². The Morgan fingerprint density at radius 1 is 1.47 bits per heavy atom. The Morgan fingerprint density at radius 2 is 2.18 bits per heavy atom. The lowest BCUT2D eigenvalue weighted by Crippen LogP contribution is -2.36. The number of hydrogen-bond acceptors (Lipinski definition) is 3. The number of H-pyrrole nitrogens is 1. The van der Waals surface area contributed by atoms with Gasteiger partial charge in [-0.25, -0.2) is 0 Å². The van der Waals surface area contributed by atoms with Gasteiger partial charge in [0.2, 0.25) is 0 Å². The van der Waals surface area contributed by atoms with Crippen LogP contribution in [0.5, 0.6) is 0 Å². The Morgan fingerprint density at radius 3 is 2.65 bits per heavy atom. The standard InChI is InChI=1S/C12H18N4O/c1-7(2)10-4-11(16-15-10)14-12(17)8(3)9-5-13-6-9/h4,7,13H,5-6H2,1-3H3,(H2,14,15,16,17). The van der Waals surface area contributed by atoms with E-state index in [0.29, 0.717) is 11.7 Å². The molecule has 0 aromatic carbocycles. The molecule has 1 aliphatic heterocycles. The molecule has 3 N–H and O–H groups in total. The second kappa shape index (κ2) is 4.71. The third kappa shape index (κ3) is 2.55. The fraction of sp³-hybridized carbons (Fsp3) is 0.500. The van der Waals surface area contributed by atoms with Gasteiger partial charge < -0.3 is 10.6 Å². The number of carbonyl (C=O) groups is 1. The SMILES string of the molecule is CC(C(=O)Nc1cc(C(C)C)[nH]n1)=C1CNC1. The van der Waals surface area contributed by atoms with E-state index >= 15 is 0 Å². The number of nitrogens with zero attached hydrogens (tertiary/aromatic N) is 1. The lowest BCUT2D eigenvalue weighted by molar-refractivity contribution is -0.112. The summed E-state index contributed by atoms with van der Waals surface area (Å²) < 4.78 is 0. The van der Waals surface area contributed by atoms with Crippen molar-refractivity contribution in [1.82, 2.24) is 15.5 Å². The fourth-order valence-corrected chi connectivity index (χ4v) is 1.58. The molecule has 5 nitrogen and oxygen atoms in total. The van der Waals surface area contributed by atoms with Crippen molar-refractivity contribution >= 4 is 11.7 Å². The van der Waals surface area contributed by atoms with Crippen molar-refractivity contribution < 1.29 is 4.79 Å². The van der Waals surface area contributed by atoms with E-state index in [1.165, 1.54) is 5.57 Å². The molecule has 5 heteroatoms. The minimum atomic E-state index is -0.0664. The van der Waals surface area contributed by atoms with Crippen LogP contribution < -0.4 is 10.6 Å². The van der Waals surface area contributed by atoms with Crippen LogP contribution in [0.25, 0.3) is 0 Å². The van der Waals surface area contributed by atoms with E-state index in [1.54, 1.807) is 0 Å². The van der Waals surface area contributed by atoms with E-state index in [9.17, 15) is 4.79 Å². The van der Waals surface area contributed by atoms with E-state index in [1.807, 2.05) is 13.0 Å². The van der Waals surface area contributed by atoms with E-state index in [4.69, 9.17) is 0 Å². The normalized spacial score (nSPS) is 14.7. The molecule has 0 radical (unpaired) electrons. The van der Waals surface area contributed by atoms with Crippen molar-refractivity contribution in [2.45, 2.75) is 26.7 Å². The number of carbonyl (C=O) groups excluding carboxylic acids is 1. The van der Waals surface area contributed by atoms with Gasteiger partial charge in [-0.05, 0) is 18.4 Å². The minimum absolute atomic E-state index is 0.0664. The molecule has 1 aromatic rings. The second-order valence-corrected chi connectivity index (χ2v) is 4.65. The number of hydrogen-bond donors (Lipinski definition) is 3. The van der Waals surface area contributed by atoms with Crippen LogP contribution in [0.1, 0.15) is 32.4 Å². The van der Waals surface area contributed by atoms with E-state index in [0.717, 1.165) is 24.4 Å². The van der Waals surface area contributed by atoms with Gasteiger partial charge in [0.15, 0.2) is 5.82 Å². The van der Waals surface area contributed by atoms with Crippen molar-refractivity contribution in [3.8, 4) is 0 Å². The maximum Gasteiger partial charge on any atom is 0.252 e. The summed E-state index contributed by atoms with van der Waals surface area (Å²) in [6.07, 6.45) is 0. The van der Waals surface area contributed by atoms with Gasteiger partial charge in [-0.15, -0.1) is 0 Å². The molecule has 1 aromatic heterocycles. The van der Waals surface area contributed by atoms with Crippen LogP contribution in [0.15, 0.2) is 17.2 Å². The van der Waals surface area contributed by atoms with Crippen LogP contribution in [0.4, 0.5) is 5.82 Å². The van der Waals surface area contributed by atoms with Gasteiger partial charge in [-0.1, -0.05) is 13.8 Å². The predicted molar refractivity (Wildman–Crippen MR) is 66.9 cm³/mol. The van der Waals surface area contributed by atoms with Crippen LogP contribution in [-0.4, -0.2) is 29.2 Å². The van der Waals surface area contributed by atoms with Crippen molar-refractivity contribution in [2.75, 3.05) is 18.4 Å². The Bertz CT molecular complexity index is 453. The van der Waals surface area contributed by atoms with Gasteiger partial charge in [0.1, 0.15) is 0 Å². The smallest absolute Gasteiger partial charge is 0.252 e. The number of aromatic amines is 1. The first-order valence-electron chi connectivity index (χ1n) is 5.84. The zero-order valence-electron chi connectivity index (χ0n) is 10.4. The zero-order chi connectivity index (χ0) is 12.4. The lowest BCUT2D eigenvalue weighted by Gasteiger charge is -2.21. The molecule has 1 amide bonds. The summed E-state index contributed by atoms with van der Waals surface area (Å²) in [5.74, 6) is 0.901. The van der Waals surface area contributed by atoms with Crippen LogP contribution in [0, 0.1) is 0 Å². The molecule has 0 bridgehead atoms. The quantitative estimate of drug-likeness (QED) is 0.692. The highest BCUT2D eigenvalue weighted by molar-refractivity contribution is 6.03. The van der Waals surface area contributed by atoms with Crippen molar-refractivity contribution in [1.29, 1.82) is 0 Å². The first-order valence-corrected chi connectivity index (χ1v) is 5.84. The second-order valence-electron chi connectivity index (χ2n) is 4.65. The molecule has 0 spiro atoms. The van der Waals surface area contributed by atoms with Gasteiger partial charge in [-0.2, -0.15) is 5.10 Å². The average Bonchev–Trinajstić information content (AvgIpc) is 2.63. The summed E-state index contributed by atoms with van der Waals surface area (Å²) in [6.45, 7) is 7.63. The van der Waals surface area contributed by atoms with Crippen LogP contribution in [-0.2, 0) is 4.79 Å². The van der Waals surface area contributed by atoms with Gasteiger partial charge in [-0.3, -0.25) is 9.89 Å². The highest BCUT2D eigenvalue weighted by atomic mass is 16.1. The topological polar surface area (TPSA) is 69.8 Å². The summed E-state index contributed by atoms with van der Waals surface area (Å²) in [4.78, 5) is 11.9. The molecule has 1 saturated heterocycles. The molecule has 1 fully saturated rings. The number of anilines is 1. The summed E-state index contributed by atoms with van der Waals surface area (Å²) in [5.41, 5.74) is 2.98. The van der Waals surface area contributed by atoms with Crippen molar-refractivity contribution in [3.05, 3.63) is 22.9 Å². The third-order valence-corrected chi connectivity index (χ3v) is 3.01. The average molecular weight is 234 g/mol. The highest BCUT2D eigenvalue weighted by Crippen LogP contribution is 2.16. The molecular weight excluding hydrogens is 216 g/mol. The van der Waals surface area contributed by atoms with E-state index in [2.05, 4.69) is 34.7 Å². The van der Waals surface area contributed by atoms with Crippen molar-refractivity contribution in [3.63, 3.8) is 0 Å². The fourth-order valence-electron chi connectivity index (χ4n) is 1.58. The van der Waals surface area contributed by atoms with Gasteiger partial charge >= 0.3 is 0 Å². The molecule has 1 aliphatic rings. The Kier molecular flexibility index (Phi) is 3.28. The monoisotopic (exact) mass is 234 g/mol. The molecule has 0 saturated carbocycles. The maximum absolute atomic E-state index is 11.9. The van der Waals surface area contributed by atoms with E-state index < -0.39 is 0 Å². The molecule has 0 atom stereocenters. The maximum atomic E-state index is 11.9. The molecule has 0 unspecified atom stereocenters. The van der Waals surface area contributed by atoms with Crippen LogP contribution >= 0.6 is 0 Å². The molecule has 92 valence electrons. The van der Waals surface area contributed by atoms with Crippen LogP contribution in [0.2, 0.25) is 0 Å². The van der Waals surface area contributed by atoms with Gasteiger partial charge in [0, 0.05) is 30.4 Å². The summed E-state index contributed by atoms with van der Waals surface area (Å²) >= 11 is 0. The van der Waals surface area contributed by atoms with Gasteiger partial charge in [0.05, 0.1) is 0 Å². The molecule has 2 rings (SSSR count). The minimum Gasteiger partial charge on any atom is -0.309 e. The Hall–Kier alpha value is -1.62. The first kappa shape index (κ1) is 11.9. The Balaban J connectivity index is 2.02. The molecule has 0 aliphatic carbocycles. The summed E-state index contributed by atoms with van der Waals surface area (Å²) in [5, 5.41) is 12.9. The largest absolute Gasteiger partial charge is 0.309 e. The summed E-state index contributed by atoms with van der Waals surface area (Å²) in [6, 6.07) is 1.87. The zero-order valence-corrected chi connectivity index (χ0v) is 10.4. The lowest BCUT2D eigenvalue weighted by atomic mass is 10.0. The van der Waals surface area contributed by atoms with Crippen molar-refractivity contribution in [2.24, 2.45) is 0 Å².